The lowest BCUT2D eigenvalue weighted by Crippen LogP contribution is -2.60. The van der Waals surface area contributed by atoms with Crippen LogP contribution in [0.5, 0.6) is 63.2 Å². The number of benzene rings is 5. The number of aliphatic hydroxyl groups is 17. The van der Waals surface area contributed by atoms with Crippen LogP contribution in [0.4, 0.5) is 0 Å². The quantitative estimate of drug-likeness (QED) is 0.00842. The summed E-state index contributed by atoms with van der Waals surface area (Å²) in [5.74, 6) is -8.87. The van der Waals surface area contributed by atoms with E-state index in [1.54, 1.807) is 0 Å². The van der Waals surface area contributed by atoms with Gasteiger partial charge in [-0.25, -0.2) is 18.8 Å². The number of hydrogen-bond acceptors (Lipinski definition) is 39. The third kappa shape index (κ3) is 18.9. The van der Waals surface area contributed by atoms with Gasteiger partial charge in [0, 0.05) is 36.4 Å². The molecule has 23 N–H and O–H groups in total. The summed E-state index contributed by atoms with van der Waals surface area (Å²) in [6, 6.07) is 17.4. The van der Waals surface area contributed by atoms with Gasteiger partial charge in [0.15, 0.2) is 46.0 Å². The Morgan fingerprint density at radius 2 is 0.679 bits per heavy atom. The fraction of sp³-hybridized carbons (Fsp3) is 0.417. The Hall–Kier alpha value is -9.94. The Morgan fingerprint density at radius 1 is 0.330 bits per heavy atom. The van der Waals surface area contributed by atoms with Gasteiger partial charge in [-0.1, -0.05) is 18.2 Å². The molecule has 1 aromatic heterocycles. The van der Waals surface area contributed by atoms with Gasteiger partial charge in [0.05, 0.1) is 24.8 Å². The van der Waals surface area contributed by atoms with Gasteiger partial charge in [0.25, 0.3) is 0 Å². The number of rotatable bonds is 25. The molecule has 11 rings (SSSR count). The zero-order chi connectivity index (χ0) is 80.8. The van der Waals surface area contributed by atoms with Crippen molar-refractivity contribution in [1.29, 1.82) is 0 Å². The van der Waals surface area contributed by atoms with E-state index in [0.717, 1.165) is 78.9 Å². The van der Waals surface area contributed by atoms with E-state index >= 15 is 0 Å². The molecule has 5 saturated heterocycles. The molecule has 5 fully saturated rings. The fourth-order valence-corrected chi connectivity index (χ4v) is 11.9. The maximum atomic E-state index is 13.1. The van der Waals surface area contributed by atoms with E-state index in [0.29, 0.717) is 0 Å². The number of aliphatic hydroxyl groups excluding tert-OH is 17. The van der Waals surface area contributed by atoms with Crippen molar-refractivity contribution >= 4 is 47.1 Å². The molecule has 0 spiro atoms. The zero-order valence-electron chi connectivity index (χ0n) is 57.8. The van der Waals surface area contributed by atoms with E-state index in [1.165, 1.54) is 48.6 Å². The first kappa shape index (κ1) is 83.0. The molecule has 40 nitrogen and oxygen atoms in total. The van der Waals surface area contributed by atoms with Crippen molar-refractivity contribution in [3.63, 3.8) is 0 Å². The molecule has 0 saturated carbocycles. The smallest absolute Gasteiger partial charge is 0.402 e. The van der Waals surface area contributed by atoms with Crippen molar-refractivity contribution in [2.75, 3.05) is 33.0 Å². The molecule has 0 radical (unpaired) electrons. The molecule has 0 unspecified atom stereocenters. The van der Waals surface area contributed by atoms with E-state index in [1.807, 2.05) is 0 Å². The molecule has 5 aromatic carbocycles. The summed E-state index contributed by atoms with van der Waals surface area (Å²) in [5.41, 5.74) is 0.165. The molecular weight excluding hydrogens is 1500 g/mol. The van der Waals surface area contributed by atoms with Gasteiger partial charge >= 0.3 is 29.3 Å². The first-order valence-corrected chi connectivity index (χ1v) is 34.0. The number of aromatic hydroxyl groups is 6. The second-order valence-electron chi connectivity index (χ2n) is 26.1. The second kappa shape index (κ2) is 35.8. The van der Waals surface area contributed by atoms with Crippen LogP contribution in [-0.2, 0) is 52.3 Å². The van der Waals surface area contributed by atoms with E-state index in [4.69, 9.17) is 66.0 Å². The highest BCUT2D eigenvalue weighted by Gasteiger charge is 2.51. The lowest BCUT2D eigenvalue weighted by atomic mass is 9.99. The Balaban J connectivity index is 0.720. The fourth-order valence-electron chi connectivity index (χ4n) is 11.9. The van der Waals surface area contributed by atoms with E-state index < -0.39 is 256 Å². The van der Waals surface area contributed by atoms with Crippen LogP contribution in [0.3, 0.4) is 0 Å². The summed E-state index contributed by atoms with van der Waals surface area (Å²) >= 11 is 0. The van der Waals surface area contributed by atoms with Crippen LogP contribution in [0.25, 0.3) is 40.5 Å². The number of ether oxygens (including phenoxy) is 13. The van der Waals surface area contributed by atoms with Crippen molar-refractivity contribution in [1.82, 2.24) is 0 Å². The Bertz CT molecular complexity index is 4380. The number of fused-ring (bicyclic) bond motifs is 1. The standard InChI is InChI=1S/C72H78O40/c73-22-44-52(84)57(89)63(95)69(108-44)104-39-10-2-28(16-37(39)79)5-13-50(82)100-25-47-55(87)60(92)65(97)70(111-47)105-40-11-3-29(17-38(40)80)6-14-51(83)101-26-48-56(88)61(93)66(98)71(112-48)106-42-18-30(7-9-34(42)76)67-43(107-72-64(96)58(90)53(85)45(23-74)109-72)21-32-35(77)19-31(20-41(32)103-67)102-68-62(94)59(91)54(86)46(110-68)24-99-49(81)12-4-27-1-8-33(75)36(78)15-27/h1-21,44-48,52-66,68-74,84-98H,22-26H2,(H5-,75,76,77,78,79,80,81)/p+1/b13-5+,14-6+/t44-,45-,46-,47-,48-,52-,53-,54-,55-,56-,57+,58+,59+,60+,61+,62-,63-,64-,65-,66-,68-,69-,70-,71-,72-/m1/s1. The summed E-state index contributed by atoms with van der Waals surface area (Å²) in [6.07, 6.45) is -39.3. The molecule has 0 bridgehead atoms. The van der Waals surface area contributed by atoms with Gasteiger partial charge in [0.1, 0.15) is 159 Å². The minimum Gasteiger partial charge on any atom is -0.507 e. The lowest BCUT2D eigenvalue weighted by Gasteiger charge is -2.39. The van der Waals surface area contributed by atoms with Gasteiger partial charge in [-0.15, -0.1) is 0 Å². The van der Waals surface area contributed by atoms with Gasteiger partial charge in [-0.2, -0.15) is 0 Å². The molecule has 5 aliphatic rings. The van der Waals surface area contributed by atoms with E-state index in [-0.39, 0.29) is 50.5 Å². The maximum Gasteiger partial charge on any atom is 0.402 e. The first-order valence-electron chi connectivity index (χ1n) is 34.0. The van der Waals surface area contributed by atoms with Gasteiger partial charge < -0.3 is 179 Å². The second-order valence-corrected chi connectivity index (χ2v) is 26.1. The summed E-state index contributed by atoms with van der Waals surface area (Å²) in [5, 5.41) is 243. The third-order valence-corrected chi connectivity index (χ3v) is 18.3. The molecule has 112 heavy (non-hydrogen) atoms. The number of carbonyl (C=O) groups is 3. The van der Waals surface area contributed by atoms with Crippen molar-refractivity contribution in [2.45, 2.75) is 154 Å². The molecule has 6 aromatic rings. The van der Waals surface area contributed by atoms with Crippen molar-refractivity contribution in [3.8, 4) is 74.6 Å². The van der Waals surface area contributed by atoms with Gasteiger partial charge in [0.2, 0.25) is 37.2 Å². The maximum absolute atomic E-state index is 13.1. The topological polar surface area (TPSA) is 648 Å². The number of hydrogen-bond donors (Lipinski definition) is 23. The number of phenolic OH excluding ortho intramolecular Hbond substituents is 6. The highest BCUT2D eigenvalue weighted by molar-refractivity contribution is 5.90. The number of carbonyl (C=O) groups excluding carboxylic acids is 3. The summed E-state index contributed by atoms with van der Waals surface area (Å²) in [7, 11) is 0. The predicted octanol–water partition coefficient (Wildman–Crippen LogP) is -4.70. The molecule has 6 heterocycles. The van der Waals surface area contributed by atoms with Crippen molar-refractivity contribution in [2.24, 2.45) is 0 Å². The summed E-state index contributed by atoms with van der Waals surface area (Å²) in [4.78, 5) is 38.5. The van der Waals surface area contributed by atoms with E-state index in [9.17, 15) is 132 Å². The Labute approximate surface area is 630 Å². The molecule has 606 valence electrons. The Morgan fingerprint density at radius 3 is 1.07 bits per heavy atom. The average Bonchev–Trinajstić information content (AvgIpc) is 0.764. The normalized spacial score (nSPS) is 32.3. The third-order valence-electron chi connectivity index (χ3n) is 18.3. The Kier molecular flexibility index (Phi) is 26.6. The lowest BCUT2D eigenvalue weighted by molar-refractivity contribution is -0.278. The monoisotopic (exact) mass is 1580 g/mol. The molecule has 0 amide bonds. The predicted molar refractivity (Wildman–Crippen MR) is 366 cm³/mol. The molecular formula is C72H79O40+. The van der Waals surface area contributed by atoms with Gasteiger partial charge in [-0.3, -0.25) is 0 Å². The SMILES string of the molecule is O=C(C=Cc1ccc(O)c(O)c1)OC[C@H]1O[C@@H](Oc2cc(O)c3cc(O[C@@H]4O[C@H](CO)[C@@H](O)[C@H](O)[C@H]4O)c(-c4ccc(O)c(O[C@@H]5O[C@H](COC(=O)/C=C/c6ccc(O[C@@H]7O[C@H](COC(=O)/C=C/c8ccc(O[C@@H]9O[C@H](CO)[C@@H](O)[C@H](O)[C@H]9O)c(O)c8)[C@@H](O)[C@H](O)[C@H]7O)c(O)c6)[C@@H](O)[C@H](O)[C@H]5O)c4)[o+]c3c2)[C@H](O)[C@@H](O)[C@@H]1O. The van der Waals surface area contributed by atoms with Crippen LogP contribution < -0.4 is 23.7 Å². The minimum absolute atomic E-state index is 0.114. The van der Waals surface area contributed by atoms with E-state index in [2.05, 4.69) is 0 Å². The minimum atomic E-state index is -2.11. The highest BCUT2D eigenvalue weighted by Crippen LogP contribution is 2.45. The summed E-state index contributed by atoms with van der Waals surface area (Å²) in [6.45, 7) is -3.91. The molecule has 25 atom stereocenters. The van der Waals surface area contributed by atoms with Crippen LogP contribution in [0.15, 0.2) is 114 Å². The summed E-state index contributed by atoms with van der Waals surface area (Å²) < 4.78 is 78.6. The number of esters is 3. The van der Waals surface area contributed by atoms with Crippen LogP contribution in [-0.4, -0.2) is 322 Å². The average molecular weight is 1580 g/mol. The zero-order valence-corrected chi connectivity index (χ0v) is 57.8. The van der Waals surface area contributed by atoms with Crippen LogP contribution in [0.2, 0.25) is 0 Å². The molecule has 40 heteroatoms. The van der Waals surface area contributed by atoms with Crippen LogP contribution in [0.1, 0.15) is 16.7 Å². The number of phenols is 6. The van der Waals surface area contributed by atoms with Crippen molar-refractivity contribution in [3.05, 3.63) is 126 Å². The largest absolute Gasteiger partial charge is 0.507 e. The van der Waals surface area contributed by atoms with Crippen LogP contribution in [0, 0.1) is 0 Å². The highest BCUT2D eigenvalue weighted by atomic mass is 16.7. The van der Waals surface area contributed by atoms with Crippen molar-refractivity contribution < 1.29 is 198 Å². The molecule has 5 aliphatic heterocycles. The van der Waals surface area contributed by atoms with Crippen LogP contribution >= 0.6 is 0 Å². The van der Waals surface area contributed by atoms with Gasteiger partial charge in [-0.05, 0) is 83.4 Å². The first-order chi connectivity index (χ1) is 53.3. The molecule has 0 aliphatic carbocycles.